The van der Waals surface area contributed by atoms with Gasteiger partial charge in [-0.15, -0.1) is 5.10 Å². The molecule has 1 aliphatic heterocycles. The number of hydrogen-bond acceptors (Lipinski definition) is 6. The first kappa shape index (κ1) is 15.1. The number of hydrogen-bond donors (Lipinski definition) is 1. The standard InChI is InChI=1S/C14H14N4O2S/c15-7-1-2-8-20-12-5-3-11(4-6-12)9-16-18-14-17-13(19)10-21-14/h3-6,9H,1-2,8,10H2,(H,17,18,19). The Morgan fingerprint density at radius 1 is 1.43 bits per heavy atom. The molecule has 1 heterocycles. The summed E-state index contributed by atoms with van der Waals surface area (Å²) in [5.74, 6) is 1.11. The molecule has 1 aromatic carbocycles. The van der Waals surface area contributed by atoms with Crippen LogP contribution in [-0.4, -0.2) is 29.6 Å². The summed E-state index contributed by atoms with van der Waals surface area (Å²) >= 11 is 1.33. The number of nitrogens with zero attached hydrogens (tertiary/aromatic N) is 3. The molecule has 1 amide bonds. The van der Waals surface area contributed by atoms with Gasteiger partial charge >= 0.3 is 0 Å². The van der Waals surface area contributed by atoms with Crippen LogP contribution in [0.3, 0.4) is 0 Å². The van der Waals surface area contributed by atoms with Crippen molar-refractivity contribution in [1.29, 1.82) is 5.26 Å². The van der Waals surface area contributed by atoms with Gasteiger partial charge in [-0.05, 0) is 36.2 Å². The number of nitriles is 1. The van der Waals surface area contributed by atoms with Gasteiger partial charge in [-0.3, -0.25) is 4.79 Å². The number of unbranched alkanes of at least 4 members (excludes halogenated alkanes) is 1. The third kappa shape index (κ3) is 5.28. The number of ether oxygens (including phenoxy) is 1. The average molecular weight is 302 g/mol. The first-order valence-corrected chi connectivity index (χ1v) is 7.40. The van der Waals surface area contributed by atoms with E-state index in [0.717, 1.165) is 17.7 Å². The van der Waals surface area contributed by atoms with Crippen molar-refractivity contribution in [3.05, 3.63) is 29.8 Å². The molecule has 0 radical (unpaired) electrons. The van der Waals surface area contributed by atoms with Crippen LogP contribution in [0.2, 0.25) is 0 Å². The summed E-state index contributed by atoms with van der Waals surface area (Å²) in [5.41, 5.74) is 0.887. The highest BCUT2D eigenvalue weighted by molar-refractivity contribution is 8.15. The molecule has 1 saturated heterocycles. The van der Waals surface area contributed by atoms with E-state index < -0.39 is 0 Å². The molecule has 1 aromatic rings. The molecule has 6 nitrogen and oxygen atoms in total. The van der Waals surface area contributed by atoms with Crippen molar-refractivity contribution in [3.8, 4) is 11.8 Å². The van der Waals surface area contributed by atoms with Gasteiger partial charge in [0.25, 0.3) is 0 Å². The first-order valence-electron chi connectivity index (χ1n) is 6.41. The fourth-order valence-electron chi connectivity index (χ4n) is 1.52. The number of carbonyl (C=O) groups excluding carboxylic acids is 1. The van der Waals surface area contributed by atoms with E-state index in [1.807, 2.05) is 24.3 Å². The van der Waals surface area contributed by atoms with Crippen LogP contribution in [0.25, 0.3) is 0 Å². The number of amidine groups is 1. The van der Waals surface area contributed by atoms with Crippen molar-refractivity contribution in [1.82, 2.24) is 5.32 Å². The quantitative estimate of drug-likeness (QED) is 0.494. The Hall–Kier alpha value is -2.33. The van der Waals surface area contributed by atoms with E-state index in [0.29, 0.717) is 23.9 Å². The van der Waals surface area contributed by atoms with Crippen molar-refractivity contribution >= 4 is 29.1 Å². The minimum atomic E-state index is -0.0492. The zero-order valence-corrected chi connectivity index (χ0v) is 12.1. The Kier molecular flexibility index (Phi) is 5.79. The molecule has 0 spiro atoms. The molecule has 1 aliphatic rings. The molecule has 0 atom stereocenters. The highest BCUT2D eigenvalue weighted by Crippen LogP contribution is 2.12. The van der Waals surface area contributed by atoms with E-state index in [9.17, 15) is 4.79 Å². The van der Waals surface area contributed by atoms with Crippen molar-refractivity contribution < 1.29 is 9.53 Å². The van der Waals surface area contributed by atoms with Crippen LogP contribution in [0, 0.1) is 11.3 Å². The van der Waals surface area contributed by atoms with E-state index in [2.05, 4.69) is 21.6 Å². The fourth-order valence-corrected chi connectivity index (χ4v) is 2.15. The molecule has 7 heteroatoms. The molecule has 0 saturated carbocycles. The van der Waals surface area contributed by atoms with Crippen LogP contribution < -0.4 is 10.1 Å². The second-order valence-corrected chi connectivity index (χ2v) is 5.13. The van der Waals surface area contributed by atoms with Gasteiger partial charge in [0.2, 0.25) is 5.91 Å². The Labute approximate surface area is 126 Å². The number of rotatable bonds is 6. The average Bonchev–Trinajstić information content (AvgIpc) is 2.91. The molecule has 2 rings (SSSR count). The summed E-state index contributed by atoms with van der Waals surface area (Å²) in [6.45, 7) is 0.533. The number of thioether (sulfide) groups is 1. The second kappa shape index (κ2) is 8.07. The third-order valence-corrected chi connectivity index (χ3v) is 3.39. The maximum absolute atomic E-state index is 11.0. The lowest BCUT2D eigenvalue weighted by Crippen LogP contribution is -2.19. The van der Waals surface area contributed by atoms with Crippen molar-refractivity contribution in [2.75, 3.05) is 12.4 Å². The van der Waals surface area contributed by atoms with Gasteiger partial charge in [0.1, 0.15) is 5.75 Å². The van der Waals surface area contributed by atoms with Gasteiger partial charge < -0.3 is 10.1 Å². The van der Waals surface area contributed by atoms with E-state index in [4.69, 9.17) is 10.00 Å². The summed E-state index contributed by atoms with van der Waals surface area (Å²) in [4.78, 5) is 11.0. The lowest BCUT2D eigenvalue weighted by atomic mass is 10.2. The van der Waals surface area contributed by atoms with E-state index in [1.165, 1.54) is 11.8 Å². The smallest absolute Gasteiger partial charge is 0.236 e. The van der Waals surface area contributed by atoms with Crippen LogP contribution in [-0.2, 0) is 4.79 Å². The molecule has 108 valence electrons. The van der Waals surface area contributed by atoms with Crippen LogP contribution in [0.1, 0.15) is 18.4 Å². The Morgan fingerprint density at radius 2 is 2.24 bits per heavy atom. The highest BCUT2D eigenvalue weighted by atomic mass is 32.2. The number of nitrogens with one attached hydrogen (secondary N) is 1. The molecule has 1 N–H and O–H groups in total. The topological polar surface area (TPSA) is 86.8 Å². The maximum Gasteiger partial charge on any atom is 0.236 e. The van der Waals surface area contributed by atoms with Crippen molar-refractivity contribution in [2.24, 2.45) is 10.2 Å². The van der Waals surface area contributed by atoms with Crippen LogP contribution in [0.15, 0.2) is 34.5 Å². The Balaban J connectivity index is 1.82. The summed E-state index contributed by atoms with van der Waals surface area (Å²) in [6.07, 6.45) is 2.83. The maximum atomic E-state index is 11.0. The SMILES string of the molecule is N#CCCCOc1ccc(C=NN=C2NC(=O)CS2)cc1. The predicted octanol–water partition coefficient (Wildman–Crippen LogP) is 1.92. The number of benzene rings is 1. The Bertz CT molecular complexity index is 590. The zero-order valence-electron chi connectivity index (χ0n) is 11.3. The summed E-state index contributed by atoms with van der Waals surface area (Å²) in [7, 11) is 0. The molecule has 21 heavy (non-hydrogen) atoms. The van der Waals surface area contributed by atoms with Gasteiger partial charge in [-0.1, -0.05) is 11.8 Å². The molecule has 0 aliphatic carbocycles. The van der Waals surface area contributed by atoms with Crippen molar-refractivity contribution in [2.45, 2.75) is 12.8 Å². The van der Waals surface area contributed by atoms with Gasteiger partial charge in [-0.2, -0.15) is 10.4 Å². The molecular formula is C14H14N4O2S. The van der Waals surface area contributed by atoms with Crippen molar-refractivity contribution in [3.63, 3.8) is 0 Å². The van der Waals surface area contributed by atoms with Gasteiger partial charge in [0, 0.05) is 6.42 Å². The monoisotopic (exact) mass is 302 g/mol. The second-order valence-electron chi connectivity index (χ2n) is 4.17. The summed E-state index contributed by atoms with van der Waals surface area (Å²) in [5, 5.41) is 19.4. The lowest BCUT2D eigenvalue weighted by molar-refractivity contribution is -0.116. The molecule has 0 bridgehead atoms. The van der Waals surface area contributed by atoms with E-state index in [1.54, 1.807) is 6.21 Å². The number of carbonyl (C=O) groups is 1. The van der Waals surface area contributed by atoms with Gasteiger partial charge in [0.05, 0.1) is 24.6 Å². The third-order valence-electron chi connectivity index (χ3n) is 2.52. The van der Waals surface area contributed by atoms with Crippen LogP contribution in [0.4, 0.5) is 0 Å². The molecule has 0 aromatic heterocycles. The minimum Gasteiger partial charge on any atom is -0.494 e. The molecular weight excluding hydrogens is 288 g/mol. The predicted molar refractivity (Wildman–Crippen MR) is 82.4 cm³/mol. The minimum absolute atomic E-state index is 0.0492. The van der Waals surface area contributed by atoms with E-state index in [-0.39, 0.29) is 5.91 Å². The Morgan fingerprint density at radius 3 is 2.90 bits per heavy atom. The summed E-state index contributed by atoms with van der Waals surface area (Å²) < 4.78 is 5.49. The normalized spacial score (nSPS) is 16.1. The van der Waals surface area contributed by atoms with Crippen LogP contribution in [0.5, 0.6) is 5.75 Å². The van der Waals surface area contributed by atoms with Gasteiger partial charge in [0.15, 0.2) is 5.17 Å². The highest BCUT2D eigenvalue weighted by Gasteiger charge is 2.15. The largest absolute Gasteiger partial charge is 0.494 e. The molecule has 1 fully saturated rings. The summed E-state index contributed by atoms with van der Waals surface area (Å²) in [6, 6.07) is 9.48. The van der Waals surface area contributed by atoms with Gasteiger partial charge in [-0.25, -0.2) is 0 Å². The molecule has 0 unspecified atom stereocenters. The zero-order chi connectivity index (χ0) is 14.9. The first-order chi connectivity index (χ1) is 10.3. The van der Waals surface area contributed by atoms with E-state index >= 15 is 0 Å². The van der Waals surface area contributed by atoms with Crippen LogP contribution >= 0.6 is 11.8 Å². The fraction of sp³-hybridized carbons (Fsp3) is 0.286. The number of amides is 1. The lowest BCUT2D eigenvalue weighted by Gasteiger charge is -2.04.